The molecule has 11 heavy (non-hydrogen) atoms. The van der Waals surface area contributed by atoms with Crippen LogP contribution in [0.1, 0.15) is 6.42 Å². The van der Waals surface area contributed by atoms with Crippen molar-refractivity contribution in [3.8, 4) is 0 Å². The molecule has 0 bridgehead atoms. The lowest BCUT2D eigenvalue weighted by Crippen LogP contribution is -2.51. The number of fused-ring (bicyclic) bond motifs is 1. The first-order valence-corrected chi connectivity index (χ1v) is 4.01. The molecule has 2 aliphatic heterocycles. The van der Waals surface area contributed by atoms with Gasteiger partial charge in [-0.1, -0.05) is 0 Å². The molecule has 0 radical (unpaired) electrons. The average molecular weight is 155 g/mol. The van der Waals surface area contributed by atoms with Gasteiger partial charge >= 0.3 is 0 Å². The maximum Gasteiger partial charge on any atom is 0.141 e. The van der Waals surface area contributed by atoms with Crippen molar-refractivity contribution in [3.05, 3.63) is 0 Å². The van der Waals surface area contributed by atoms with E-state index in [-0.39, 0.29) is 12.1 Å². The quantitative estimate of drug-likeness (QED) is 0.468. The van der Waals surface area contributed by atoms with Gasteiger partial charge in [0.05, 0.1) is 12.1 Å². The molecule has 2 fully saturated rings. The minimum atomic E-state index is 0.175. The first-order chi connectivity index (χ1) is 5.29. The van der Waals surface area contributed by atoms with E-state index in [2.05, 4.69) is 10.7 Å². The van der Waals surface area contributed by atoms with Gasteiger partial charge in [0.15, 0.2) is 0 Å². The number of piperidine rings is 1. The van der Waals surface area contributed by atoms with Crippen LogP contribution < -0.4 is 10.7 Å². The van der Waals surface area contributed by atoms with Crippen molar-refractivity contribution >= 4 is 5.78 Å². The number of ketones is 1. The summed E-state index contributed by atoms with van der Waals surface area (Å²) in [6.07, 6.45) is 0.924. The molecule has 2 aliphatic rings. The van der Waals surface area contributed by atoms with E-state index in [0.29, 0.717) is 12.2 Å². The van der Waals surface area contributed by atoms with Crippen molar-refractivity contribution in [2.75, 3.05) is 20.1 Å². The SMILES string of the molecule is CN1NCC2C(=O)CCNC21. The maximum absolute atomic E-state index is 11.3. The zero-order valence-electron chi connectivity index (χ0n) is 6.63. The fourth-order valence-corrected chi connectivity index (χ4v) is 1.82. The molecule has 0 aromatic heterocycles. The summed E-state index contributed by atoms with van der Waals surface area (Å²) in [7, 11) is 1.97. The Balaban J connectivity index is 2.13. The van der Waals surface area contributed by atoms with Crippen LogP contribution in [-0.4, -0.2) is 37.1 Å². The molecular formula is C7H13N3O. The first-order valence-electron chi connectivity index (χ1n) is 4.01. The van der Waals surface area contributed by atoms with Gasteiger partial charge in [0.25, 0.3) is 0 Å². The van der Waals surface area contributed by atoms with E-state index in [4.69, 9.17) is 0 Å². The summed E-state index contributed by atoms with van der Waals surface area (Å²) in [5.41, 5.74) is 3.14. The van der Waals surface area contributed by atoms with Gasteiger partial charge in [0, 0.05) is 26.6 Å². The van der Waals surface area contributed by atoms with Crippen molar-refractivity contribution in [3.63, 3.8) is 0 Å². The molecule has 2 heterocycles. The van der Waals surface area contributed by atoms with Gasteiger partial charge in [0.1, 0.15) is 5.78 Å². The molecule has 2 saturated heterocycles. The maximum atomic E-state index is 11.3. The number of hydrazine groups is 1. The highest BCUT2D eigenvalue weighted by Gasteiger charge is 2.38. The van der Waals surface area contributed by atoms with E-state index in [0.717, 1.165) is 13.1 Å². The predicted molar refractivity (Wildman–Crippen MR) is 40.7 cm³/mol. The number of rotatable bonds is 0. The van der Waals surface area contributed by atoms with Crippen molar-refractivity contribution in [2.24, 2.45) is 5.92 Å². The molecule has 2 atom stereocenters. The molecule has 4 nitrogen and oxygen atoms in total. The Labute approximate surface area is 65.9 Å². The average Bonchev–Trinajstić information content (AvgIpc) is 2.35. The van der Waals surface area contributed by atoms with Crippen molar-refractivity contribution in [1.82, 2.24) is 15.8 Å². The lowest BCUT2D eigenvalue weighted by atomic mass is 9.96. The predicted octanol–water partition coefficient (Wildman–Crippen LogP) is -1.06. The molecule has 0 amide bonds. The van der Waals surface area contributed by atoms with E-state index in [1.165, 1.54) is 0 Å². The number of hydrogen-bond donors (Lipinski definition) is 2. The van der Waals surface area contributed by atoms with E-state index in [1.807, 2.05) is 12.1 Å². The first kappa shape index (κ1) is 7.21. The summed E-state index contributed by atoms with van der Waals surface area (Å²) in [5.74, 6) is 0.569. The second kappa shape index (κ2) is 2.55. The molecule has 2 N–H and O–H groups in total. The third-order valence-electron chi connectivity index (χ3n) is 2.50. The molecule has 0 spiro atoms. The second-order valence-corrected chi connectivity index (χ2v) is 3.19. The topological polar surface area (TPSA) is 44.4 Å². The Morgan fingerprint density at radius 2 is 2.45 bits per heavy atom. The fourth-order valence-electron chi connectivity index (χ4n) is 1.82. The fraction of sp³-hybridized carbons (Fsp3) is 0.857. The standard InChI is InChI=1S/C7H13N3O/c1-10-7-5(4-9-10)6(11)2-3-8-7/h5,7-9H,2-4H2,1H3. The Morgan fingerprint density at radius 1 is 1.64 bits per heavy atom. The van der Waals surface area contributed by atoms with E-state index in [9.17, 15) is 4.79 Å². The smallest absolute Gasteiger partial charge is 0.141 e. The third-order valence-corrected chi connectivity index (χ3v) is 2.50. The Bertz CT molecular complexity index is 183. The Kier molecular flexibility index (Phi) is 1.67. The number of carbonyl (C=O) groups is 1. The summed E-state index contributed by atoms with van der Waals surface area (Å²) in [4.78, 5) is 11.3. The van der Waals surface area contributed by atoms with Crippen LogP contribution in [-0.2, 0) is 4.79 Å². The summed E-state index contributed by atoms with van der Waals surface area (Å²) in [6, 6.07) is 0. The van der Waals surface area contributed by atoms with Gasteiger partial charge in [-0.3, -0.25) is 15.5 Å². The highest BCUT2D eigenvalue weighted by Crippen LogP contribution is 2.18. The largest absolute Gasteiger partial charge is 0.300 e. The number of nitrogens with zero attached hydrogens (tertiary/aromatic N) is 1. The third kappa shape index (κ3) is 1.07. The van der Waals surface area contributed by atoms with Crippen LogP contribution in [0.4, 0.5) is 0 Å². The Morgan fingerprint density at radius 3 is 3.18 bits per heavy atom. The van der Waals surface area contributed by atoms with Crippen LogP contribution in [0.3, 0.4) is 0 Å². The molecule has 0 aliphatic carbocycles. The van der Waals surface area contributed by atoms with Gasteiger partial charge in [-0.2, -0.15) is 0 Å². The highest BCUT2D eigenvalue weighted by atomic mass is 16.1. The molecular weight excluding hydrogens is 142 g/mol. The lowest BCUT2D eigenvalue weighted by molar-refractivity contribution is -0.125. The normalized spacial score (nSPS) is 39.2. The molecule has 4 heteroatoms. The number of hydrogen-bond acceptors (Lipinski definition) is 4. The molecule has 0 aromatic rings. The Hall–Kier alpha value is -0.450. The zero-order chi connectivity index (χ0) is 7.84. The van der Waals surface area contributed by atoms with Gasteiger partial charge in [-0.25, -0.2) is 5.01 Å². The molecule has 0 aromatic carbocycles. The minimum Gasteiger partial charge on any atom is -0.300 e. The van der Waals surface area contributed by atoms with E-state index >= 15 is 0 Å². The van der Waals surface area contributed by atoms with Crippen molar-refractivity contribution < 1.29 is 4.79 Å². The second-order valence-electron chi connectivity index (χ2n) is 3.19. The van der Waals surface area contributed by atoms with Crippen LogP contribution in [0, 0.1) is 5.92 Å². The van der Waals surface area contributed by atoms with Gasteiger partial charge in [0.2, 0.25) is 0 Å². The summed E-state index contributed by atoms with van der Waals surface area (Å²) in [5, 5.41) is 5.29. The monoisotopic (exact) mass is 155 g/mol. The zero-order valence-corrected chi connectivity index (χ0v) is 6.63. The van der Waals surface area contributed by atoms with E-state index < -0.39 is 0 Å². The van der Waals surface area contributed by atoms with E-state index in [1.54, 1.807) is 0 Å². The molecule has 2 unspecified atom stereocenters. The van der Waals surface area contributed by atoms with Crippen molar-refractivity contribution in [1.29, 1.82) is 0 Å². The molecule has 62 valence electrons. The molecule has 0 saturated carbocycles. The van der Waals surface area contributed by atoms with Crippen LogP contribution in [0.5, 0.6) is 0 Å². The highest BCUT2D eigenvalue weighted by molar-refractivity contribution is 5.83. The van der Waals surface area contributed by atoms with Crippen LogP contribution in [0.2, 0.25) is 0 Å². The van der Waals surface area contributed by atoms with Crippen molar-refractivity contribution in [2.45, 2.75) is 12.6 Å². The van der Waals surface area contributed by atoms with Crippen LogP contribution in [0.15, 0.2) is 0 Å². The number of carbonyl (C=O) groups excluding carboxylic acids is 1. The summed E-state index contributed by atoms with van der Waals surface area (Å²) in [6.45, 7) is 1.62. The van der Waals surface area contributed by atoms with Crippen LogP contribution >= 0.6 is 0 Å². The van der Waals surface area contributed by atoms with Crippen LogP contribution in [0.25, 0.3) is 0 Å². The minimum absolute atomic E-state index is 0.175. The molecule has 2 rings (SSSR count). The van der Waals surface area contributed by atoms with Gasteiger partial charge in [-0.15, -0.1) is 0 Å². The summed E-state index contributed by atoms with van der Waals surface area (Å²) >= 11 is 0. The number of nitrogens with one attached hydrogen (secondary N) is 2. The lowest BCUT2D eigenvalue weighted by Gasteiger charge is -2.28. The van der Waals surface area contributed by atoms with Gasteiger partial charge in [-0.05, 0) is 0 Å². The van der Waals surface area contributed by atoms with Gasteiger partial charge < -0.3 is 0 Å². The summed E-state index contributed by atoms with van der Waals surface area (Å²) < 4.78 is 0. The number of Topliss-reactive ketones (excluding diaryl/α,β-unsaturated/α-hetero) is 1.